The molecule has 1 heterocycles. The first-order valence-electron chi connectivity index (χ1n) is 7.94. The quantitative estimate of drug-likeness (QED) is 0.909. The standard InChI is InChI=1S/C18H22N4O/c1-10-7-11(2)16(12(3)8-10)22-18-19-13(4)9-15(21-18)17(23)20-14-5-6-14/h7-9,14H,5-6H2,1-4H3,(H,20,23)(H,19,21,22). The number of carbonyl (C=O) groups is 1. The fraction of sp³-hybridized carbons (Fsp3) is 0.389. The number of hydrogen-bond acceptors (Lipinski definition) is 4. The summed E-state index contributed by atoms with van der Waals surface area (Å²) in [5, 5.41) is 6.23. The summed E-state index contributed by atoms with van der Waals surface area (Å²) in [7, 11) is 0. The Morgan fingerprint density at radius 1 is 1.04 bits per heavy atom. The molecule has 2 aromatic rings. The molecule has 120 valence electrons. The number of nitrogens with zero attached hydrogens (tertiary/aromatic N) is 2. The van der Waals surface area contributed by atoms with Gasteiger partial charge in [-0.15, -0.1) is 0 Å². The Labute approximate surface area is 136 Å². The van der Waals surface area contributed by atoms with Gasteiger partial charge in [0.25, 0.3) is 5.91 Å². The minimum absolute atomic E-state index is 0.126. The summed E-state index contributed by atoms with van der Waals surface area (Å²) in [5.74, 6) is 0.333. The number of aromatic nitrogens is 2. The van der Waals surface area contributed by atoms with Crippen LogP contribution in [-0.4, -0.2) is 21.9 Å². The smallest absolute Gasteiger partial charge is 0.270 e. The highest BCUT2D eigenvalue weighted by molar-refractivity contribution is 5.93. The van der Waals surface area contributed by atoms with Crippen molar-refractivity contribution in [1.29, 1.82) is 0 Å². The molecule has 2 N–H and O–H groups in total. The fourth-order valence-electron chi connectivity index (χ4n) is 2.72. The maximum absolute atomic E-state index is 12.2. The number of nitrogens with one attached hydrogen (secondary N) is 2. The van der Waals surface area contributed by atoms with E-state index in [0.29, 0.717) is 17.7 Å². The van der Waals surface area contributed by atoms with Gasteiger partial charge in [0, 0.05) is 17.4 Å². The Kier molecular flexibility index (Phi) is 4.03. The molecule has 5 nitrogen and oxygen atoms in total. The Morgan fingerprint density at radius 3 is 2.30 bits per heavy atom. The molecule has 5 heteroatoms. The second-order valence-electron chi connectivity index (χ2n) is 6.36. The Morgan fingerprint density at radius 2 is 1.70 bits per heavy atom. The van der Waals surface area contributed by atoms with Crippen molar-refractivity contribution in [3.8, 4) is 0 Å². The number of aryl methyl sites for hydroxylation is 4. The number of rotatable bonds is 4. The third-order valence-electron chi connectivity index (χ3n) is 3.91. The van der Waals surface area contributed by atoms with Crippen molar-refractivity contribution in [3.63, 3.8) is 0 Å². The van der Waals surface area contributed by atoms with Gasteiger partial charge in [0.1, 0.15) is 5.69 Å². The molecule has 0 bridgehead atoms. The highest BCUT2D eigenvalue weighted by Gasteiger charge is 2.24. The average Bonchev–Trinajstić information content (AvgIpc) is 3.26. The average molecular weight is 310 g/mol. The van der Waals surface area contributed by atoms with E-state index in [9.17, 15) is 4.79 Å². The van der Waals surface area contributed by atoms with E-state index in [0.717, 1.165) is 35.3 Å². The molecule has 1 aliphatic rings. The zero-order valence-corrected chi connectivity index (χ0v) is 14.0. The van der Waals surface area contributed by atoms with Crippen molar-refractivity contribution in [2.24, 2.45) is 0 Å². The third-order valence-corrected chi connectivity index (χ3v) is 3.91. The van der Waals surface area contributed by atoms with Gasteiger partial charge in [0.05, 0.1) is 0 Å². The molecule has 1 fully saturated rings. The van der Waals surface area contributed by atoms with Crippen molar-refractivity contribution in [2.45, 2.75) is 46.6 Å². The van der Waals surface area contributed by atoms with Gasteiger partial charge in [-0.1, -0.05) is 17.7 Å². The lowest BCUT2D eigenvalue weighted by Gasteiger charge is -2.14. The number of amides is 1. The number of carbonyl (C=O) groups excluding carboxylic acids is 1. The van der Waals surface area contributed by atoms with Crippen LogP contribution in [0.5, 0.6) is 0 Å². The van der Waals surface area contributed by atoms with E-state index in [1.807, 2.05) is 6.92 Å². The molecule has 0 atom stereocenters. The summed E-state index contributed by atoms with van der Waals surface area (Å²) in [6.45, 7) is 8.06. The Hall–Kier alpha value is -2.43. The van der Waals surface area contributed by atoms with Crippen LogP contribution in [0.4, 0.5) is 11.6 Å². The van der Waals surface area contributed by atoms with Crippen LogP contribution in [0.3, 0.4) is 0 Å². The van der Waals surface area contributed by atoms with Crippen LogP contribution in [-0.2, 0) is 0 Å². The van der Waals surface area contributed by atoms with E-state index in [-0.39, 0.29) is 5.91 Å². The van der Waals surface area contributed by atoms with Crippen molar-refractivity contribution in [2.75, 3.05) is 5.32 Å². The van der Waals surface area contributed by atoms with Crippen molar-refractivity contribution < 1.29 is 4.79 Å². The Bertz CT molecular complexity index is 743. The van der Waals surface area contributed by atoms with Gasteiger partial charge in [0.15, 0.2) is 0 Å². The molecule has 1 aromatic carbocycles. The van der Waals surface area contributed by atoms with Crippen LogP contribution in [0, 0.1) is 27.7 Å². The minimum Gasteiger partial charge on any atom is -0.348 e. The SMILES string of the molecule is Cc1cc(C)c(Nc2nc(C)cc(C(=O)NC3CC3)n2)c(C)c1. The normalized spacial score (nSPS) is 13.7. The molecule has 1 aromatic heterocycles. The highest BCUT2D eigenvalue weighted by atomic mass is 16.2. The largest absolute Gasteiger partial charge is 0.348 e. The maximum atomic E-state index is 12.2. The van der Waals surface area contributed by atoms with E-state index >= 15 is 0 Å². The van der Waals surface area contributed by atoms with E-state index in [2.05, 4.69) is 53.5 Å². The third kappa shape index (κ3) is 3.67. The molecule has 0 unspecified atom stereocenters. The van der Waals surface area contributed by atoms with E-state index in [1.165, 1.54) is 5.56 Å². The molecule has 1 saturated carbocycles. The summed E-state index contributed by atoms with van der Waals surface area (Å²) in [6.07, 6.45) is 2.12. The summed E-state index contributed by atoms with van der Waals surface area (Å²) < 4.78 is 0. The number of hydrogen-bond donors (Lipinski definition) is 2. The molecule has 23 heavy (non-hydrogen) atoms. The summed E-state index contributed by atoms with van der Waals surface area (Å²) in [6, 6.07) is 6.27. The number of benzene rings is 1. The highest BCUT2D eigenvalue weighted by Crippen LogP contribution is 2.25. The molecule has 1 aliphatic carbocycles. The van der Waals surface area contributed by atoms with Crippen molar-refractivity contribution in [1.82, 2.24) is 15.3 Å². The summed E-state index contributed by atoms with van der Waals surface area (Å²) in [5.41, 5.74) is 5.67. The molecule has 0 saturated heterocycles. The molecule has 0 spiro atoms. The van der Waals surface area contributed by atoms with Gasteiger partial charge in [-0.05, 0) is 57.7 Å². The molecule has 0 radical (unpaired) electrons. The minimum atomic E-state index is -0.126. The molecule has 1 amide bonds. The van der Waals surface area contributed by atoms with Crippen LogP contribution >= 0.6 is 0 Å². The second-order valence-corrected chi connectivity index (χ2v) is 6.36. The van der Waals surface area contributed by atoms with E-state index < -0.39 is 0 Å². The van der Waals surface area contributed by atoms with Gasteiger partial charge in [-0.2, -0.15) is 0 Å². The predicted octanol–water partition coefficient (Wildman–Crippen LogP) is 3.35. The van der Waals surface area contributed by atoms with Crippen molar-refractivity contribution >= 4 is 17.5 Å². The monoisotopic (exact) mass is 310 g/mol. The predicted molar refractivity (Wildman–Crippen MR) is 91.2 cm³/mol. The Balaban J connectivity index is 1.88. The van der Waals surface area contributed by atoms with E-state index in [4.69, 9.17) is 0 Å². The lowest BCUT2D eigenvalue weighted by atomic mass is 10.1. The molecule has 0 aliphatic heterocycles. The van der Waals surface area contributed by atoms with Crippen LogP contribution in [0.25, 0.3) is 0 Å². The van der Waals surface area contributed by atoms with Gasteiger partial charge < -0.3 is 10.6 Å². The fourth-order valence-corrected chi connectivity index (χ4v) is 2.72. The second kappa shape index (κ2) is 5.99. The molecular formula is C18H22N4O. The first kappa shape index (κ1) is 15.5. The topological polar surface area (TPSA) is 66.9 Å². The van der Waals surface area contributed by atoms with Gasteiger partial charge in [0.2, 0.25) is 5.95 Å². The molecule has 3 rings (SSSR count). The zero-order chi connectivity index (χ0) is 16.6. The first-order chi connectivity index (χ1) is 10.9. The van der Waals surface area contributed by atoms with Crippen molar-refractivity contribution in [3.05, 3.63) is 46.3 Å². The maximum Gasteiger partial charge on any atom is 0.270 e. The summed E-state index contributed by atoms with van der Waals surface area (Å²) in [4.78, 5) is 21.0. The van der Waals surface area contributed by atoms with Crippen LogP contribution in [0.1, 0.15) is 45.7 Å². The zero-order valence-electron chi connectivity index (χ0n) is 14.0. The first-order valence-corrected chi connectivity index (χ1v) is 7.94. The van der Waals surface area contributed by atoms with E-state index in [1.54, 1.807) is 6.07 Å². The lowest BCUT2D eigenvalue weighted by Crippen LogP contribution is -2.26. The van der Waals surface area contributed by atoms with Gasteiger partial charge >= 0.3 is 0 Å². The number of anilines is 2. The van der Waals surface area contributed by atoms with Gasteiger partial charge in [-0.25, -0.2) is 9.97 Å². The van der Waals surface area contributed by atoms with Crippen LogP contribution in [0.2, 0.25) is 0 Å². The lowest BCUT2D eigenvalue weighted by molar-refractivity contribution is 0.0946. The molecular weight excluding hydrogens is 288 g/mol. The van der Waals surface area contributed by atoms with Gasteiger partial charge in [-0.3, -0.25) is 4.79 Å². The van der Waals surface area contributed by atoms with Crippen LogP contribution < -0.4 is 10.6 Å². The van der Waals surface area contributed by atoms with Crippen LogP contribution in [0.15, 0.2) is 18.2 Å². The summed E-state index contributed by atoms with van der Waals surface area (Å²) >= 11 is 0.